The molecular formula is C14H10N2O2S2. The highest BCUT2D eigenvalue weighted by atomic mass is 32.2. The third-order valence-corrected chi connectivity index (χ3v) is 4.55. The topological polar surface area (TPSA) is 63.1 Å². The Morgan fingerprint density at radius 3 is 2.90 bits per heavy atom. The van der Waals surface area contributed by atoms with Crippen molar-refractivity contribution in [2.45, 2.75) is 15.8 Å². The van der Waals surface area contributed by atoms with Gasteiger partial charge in [-0.25, -0.2) is 9.97 Å². The van der Waals surface area contributed by atoms with Gasteiger partial charge in [-0.05, 0) is 23.9 Å². The Hall–Kier alpha value is -1.92. The van der Waals surface area contributed by atoms with Crippen molar-refractivity contribution in [3.63, 3.8) is 0 Å². The molecule has 2 heterocycles. The number of thiazole rings is 1. The van der Waals surface area contributed by atoms with Crippen molar-refractivity contribution in [3.8, 4) is 0 Å². The number of aromatic nitrogens is 2. The molecule has 3 aromatic rings. The average molecular weight is 302 g/mol. The highest BCUT2D eigenvalue weighted by Crippen LogP contribution is 2.30. The van der Waals surface area contributed by atoms with Crippen LogP contribution in [-0.2, 0) is 11.2 Å². The number of carboxylic acid groups (broad SMARTS) is 1. The van der Waals surface area contributed by atoms with Crippen LogP contribution in [0.4, 0.5) is 0 Å². The highest BCUT2D eigenvalue weighted by molar-refractivity contribution is 8.01. The summed E-state index contributed by atoms with van der Waals surface area (Å²) in [7, 11) is 0. The summed E-state index contributed by atoms with van der Waals surface area (Å²) in [6.07, 6.45) is -0.0395. The van der Waals surface area contributed by atoms with Gasteiger partial charge in [0.15, 0.2) is 4.34 Å². The summed E-state index contributed by atoms with van der Waals surface area (Å²) < 4.78 is 0.809. The van der Waals surface area contributed by atoms with Crippen LogP contribution in [0, 0.1) is 0 Å². The monoisotopic (exact) mass is 302 g/mol. The SMILES string of the molecule is O=C(O)Cc1csc(Sc2ccc3ccccc3n2)n1. The smallest absolute Gasteiger partial charge is 0.309 e. The van der Waals surface area contributed by atoms with E-state index in [1.165, 1.54) is 23.1 Å². The molecule has 0 aliphatic carbocycles. The number of carboxylic acids is 1. The summed E-state index contributed by atoms with van der Waals surface area (Å²) in [5.74, 6) is -0.865. The number of carbonyl (C=O) groups is 1. The molecule has 0 amide bonds. The summed E-state index contributed by atoms with van der Waals surface area (Å²) in [5, 5.41) is 12.5. The molecule has 0 atom stereocenters. The second-order valence-corrected chi connectivity index (χ2v) is 6.25. The predicted octanol–water partition coefficient (Wildman–Crippen LogP) is 3.47. The van der Waals surface area contributed by atoms with E-state index in [0.717, 1.165) is 20.3 Å². The Balaban J connectivity index is 1.81. The molecule has 0 radical (unpaired) electrons. The lowest BCUT2D eigenvalue weighted by atomic mass is 10.2. The molecule has 0 aliphatic rings. The Morgan fingerprint density at radius 1 is 1.20 bits per heavy atom. The minimum Gasteiger partial charge on any atom is -0.481 e. The van der Waals surface area contributed by atoms with Crippen LogP contribution in [0.25, 0.3) is 10.9 Å². The molecule has 3 rings (SSSR count). The van der Waals surface area contributed by atoms with Gasteiger partial charge in [0.2, 0.25) is 0 Å². The molecule has 0 saturated heterocycles. The zero-order valence-corrected chi connectivity index (χ0v) is 11.9. The molecule has 20 heavy (non-hydrogen) atoms. The quantitative estimate of drug-likeness (QED) is 0.799. The van der Waals surface area contributed by atoms with Crippen LogP contribution in [0.5, 0.6) is 0 Å². The van der Waals surface area contributed by atoms with Crippen LogP contribution in [-0.4, -0.2) is 21.0 Å². The summed E-state index contributed by atoms with van der Waals surface area (Å²) in [5.41, 5.74) is 1.53. The van der Waals surface area contributed by atoms with Gasteiger partial charge in [-0.3, -0.25) is 4.79 Å². The third-order valence-electron chi connectivity index (χ3n) is 2.63. The molecule has 0 fully saturated rings. The molecule has 4 nitrogen and oxygen atoms in total. The van der Waals surface area contributed by atoms with Gasteiger partial charge in [0, 0.05) is 10.8 Å². The van der Waals surface area contributed by atoms with Crippen molar-refractivity contribution >= 4 is 40.0 Å². The van der Waals surface area contributed by atoms with Gasteiger partial charge in [-0.15, -0.1) is 11.3 Å². The van der Waals surface area contributed by atoms with Gasteiger partial charge in [0.1, 0.15) is 5.03 Å². The van der Waals surface area contributed by atoms with E-state index in [9.17, 15) is 4.79 Å². The van der Waals surface area contributed by atoms with E-state index in [1.807, 2.05) is 36.4 Å². The Labute approximate surface area is 123 Å². The van der Waals surface area contributed by atoms with E-state index in [2.05, 4.69) is 9.97 Å². The van der Waals surface area contributed by atoms with Gasteiger partial charge in [-0.1, -0.05) is 24.3 Å². The number of hydrogen-bond acceptors (Lipinski definition) is 5. The fourth-order valence-electron chi connectivity index (χ4n) is 1.77. The van der Waals surface area contributed by atoms with Crippen LogP contribution in [0.3, 0.4) is 0 Å². The van der Waals surface area contributed by atoms with Crippen molar-refractivity contribution in [3.05, 3.63) is 47.5 Å². The van der Waals surface area contributed by atoms with Crippen LogP contribution in [0.2, 0.25) is 0 Å². The van der Waals surface area contributed by atoms with Gasteiger partial charge < -0.3 is 5.11 Å². The predicted molar refractivity (Wildman–Crippen MR) is 79.3 cm³/mol. The number of fused-ring (bicyclic) bond motifs is 1. The van der Waals surface area contributed by atoms with E-state index < -0.39 is 5.97 Å². The van der Waals surface area contributed by atoms with Crippen LogP contribution >= 0.6 is 23.1 Å². The van der Waals surface area contributed by atoms with Crippen molar-refractivity contribution < 1.29 is 9.90 Å². The molecule has 1 N–H and O–H groups in total. The van der Waals surface area contributed by atoms with Gasteiger partial charge in [0.25, 0.3) is 0 Å². The zero-order valence-electron chi connectivity index (χ0n) is 10.3. The minimum absolute atomic E-state index is 0.0395. The number of aliphatic carboxylic acids is 1. The molecule has 0 unspecified atom stereocenters. The van der Waals surface area contributed by atoms with E-state index in [4.69, 9.17) is 5.11 Å². The van der Waals surface area contributed by atoms with Gasteiger partial charge >= 0.3 is 5.97 Å². The summed E-state index contributed by atoms with van der Waals surface area (Å²) >= 11 is 2.89. The second-order valence-electron chi connectivity index (χ2n) is 4.12. The number of benzene rings is 1. The normalized spacial score (nSPS) is 10.8. The molecule has 2 aromatic heterocycles. The van der Waals surface area contributed by atoms with Crippen molar-refractivity contribution in [1.82, 2.24) is 9.97 Å². The fourth-order valence-corrected chi connectivity index (χ4v) is 3.52. The lowest BCUT2D eigenvalue weighted by Gasteiger charge is -2.00. The Kier molecular flexibility index (Phi) is 3.66. The average Bonchev–Trinajstić information content (AvgIpc) is 2.85. The van der Waals surface area contributed by atoms with Crippen molar-refractivity contribution in [2.75, 3.05) is 0 Å². The number of hydrogen-bond donors (Lipinski definition) is 1. The molecule has 0 bridgehead atoms. The van der Waals surface area contributed by atoms with E-state index in [-0.39, 0.29) is 6.42 Å². The fraction of sp³-hybridized carbons (Fsp3) is 0.0714. The highest BCUT2D eigenvalue weighted by Gasteiger charge is 2.08. The molecule has 0 saturated carbocycles. The number of nitrogens with zero attached hydrogens (tertiary/aromatic N) is 2. The molecular weight excluding hydrogens is 292 g/mol. The van der Waals surface area contributed by atoms with Crippen LogP contribution in [0.1, 0.15) is 5.69 Å². The van der Waals surface area contributed by atoms with Crippen LogP contribution in [0.15, 0.2) is 51.1 Å². The Bertz CT molecular complexity index is 770. The van der Waals surface area contributed by atoms with E-state index in [1.54, 1.807) is 5.38 Å². The van der Waals surface area contributed by atoms with E-state index >= 15 is 0 Å². The lowest BCUT2D eigenvalue weighted by Crippen LogP contribution is -1.99. The second kappa shape index (κ2) is 5.60. The van der Waals surface area contributed by atoms with Crippen molar-refractivity contribution in [1.29, 1.82) is 0 Å². The summed E-state index contributed by atoms with van der Waals surface area (Å²) in [4.78, 5) is 19.5. The maximum atomic E-state index is 10.6. The molecule has 0 aliphatic heterocycles. The van der Waals surface area contributed by atoms with Crippen LogP contribution < -0.4 is 0 Å². The number of para-hydroxylation sites is 1. The molecule has 6 heteroatoms. The standard InChI is InChI=1S/C14H10N2O2S2/c17-13(18)7-10-8-19-14(15-10)20-12-6-5-9-3-1-2-4-11(9)16-12/h1-6,8H,7H2,(H,17,18). The molecule has 100 valence electrons. The first-order chi connectivity index (χ1) is 9.70. The summed E-state index contributed by atoms with van der Waals surface area (Å²) in [6, 6.07) is 11.9. The zero-order chi connectivity index (χ0) is 13.9. The van der Waals surface area contributed by atoms with Gasteiger partial charge in [-0.2, -0.15) is 0 Å². The minimum atomic E-state index is -0.865. The first-order valence-electron chi connectivity index (χ1n) is 5.90. The number of pyridine rings is 1. The molecule has 0 spiro atoms. The first kappa shape index (κ1) is 13.1. The largest absolute Gasteiger partial charge is 0.481 e. The maximum Gasteiger partial charge on any atom is 0.309 e. The number of rotatable bonds is 4. The lowest BCUT2D eigenvalue weighted by molar-refractivity contribution is -0.136. The summed E-state index contributed by atoms with van der Waals surface area (Å²) in [6.45, 7) is 0. The first-order valence-corrected chi connectivity index (χ1v) is 7.60. The van der Waals surface area contributed by atoms with E-state index in [0.29, 0.717) is 5.69 Å². The van der Waals surface area contributed by atoms with Crippen molar-refractivity contribution in [2.24, 2.45) is 0 Å². The maximum absolute atomic E-state index is 10.6. The Morgan fingerprint density at radius 2 is 2.05 bits per heavy atom. The van der Waals surface area contributed by atoms with Gasteiger partial charge in [0.05, 0.1) is 17.6 Å². The third kappa shape index (κ3) is 2.97. The molecule has 1 aromatic carbocycles.